The summed E-state index contributed by atoms with van der Waals surface area (Å²) in [5.74, 6) is 1.35. The Balaban J connectivity index is 2.13. The van der Waals surface area contributed by atoms with Crippen molar-refractivity contribution >= 4 is 11.6 Å². The minimum Gasteiger partial charge on any atom is -0.496 e. The molecule has 3 nitrogen and oxygen atoms in total. The maximum absolute atomic E-state index is 10.4. The molecule has 112 valence electrons. The van der Waals surface area contributed by atoms with E-state index in [9.17, 15) is 5.11 Å². The van der Waals surface area contributed by atoms with Crippen molar-refractivity contribution in [3.63, 3.8) is 0 Å². The molecule has 0 aromatic heterocycles. The Morgan fingerprint density at radius 1 is 1.14 bits per heavy atom. The molecule has 1 N–H and O–H groups in total. The van der Waals surface area contributed by atoms with Gasteiger partial charge in [-0.1, -0.05) is 17.7 Å². The number of hydrogen-bond donors (Lipinski definition) is 1. The first-order valence-electron chi connectivity index (χ1n) is 6.73. The standard InChI is InChI=1S/C17H19ClO3/c1-11-8-12(2)17(16(9-11)20-3)15(19)10-21-14-6-4-13(18)5-7-14/h4-9,15,19H,10H2,1-3H3. The van der Waals surface area contributed by atoms with Gasteiger partial charge in [0.25, 0.3) is 0 Å². The lowest BCUT2D eigenvalue weighted by Crippen LogP contribution is -2.12. The molecule has 0 saturated heterocycles. The summed E-state index contributed by atoms with van der Waals surface area (Å²) in [7, 11) is 1.60. The Kier molecular flexibility index (Phi) is 5.10. The summed E-state index contributed by atoms with van der Waals surface area (Å²) in [5, 5.41) is 11.0. The van der Waals surface area contributed by atoms with E-state index in [0.29, 0.717) is 16.5 Å². The van der Waals surface area contributed by atoms with E-state index in [1.807, 2.05) is 26.0 Å². The Morgan fingerprint density at radius 3 is 2.43 bits per heavy atom. The SMILES string of the molecule is COc1cc(C)cc(C)c1C(O)COc1ccc(Cl)cc1. The Morgan fingerprint density at radius 2 is 1.81 bits per heavy atom. The lowest BCUT2D eigenvalue weighted by atomic mass is 10.00. The first kappa shape index (κ1) is 15.7. The normalized spacial score (nSPS) is 12.0. The minimum absolute atomic E-state index is 0.155. The van der Waals surface area contributed by atoms with Crippen LogP contribution in [-0.2, 0) is 0 Å². The number of halogens is 1. The largest absolute Gasteiger partial charge is 0.496 e. The van der Waals surface area contributed by atoms with Crippen LogP contribution in [0.25, 0.3) is 0 Å². The van der Waals surface area contributed by atoms with Gasteiger partial charge in [0.15, 0.2) is 0 Å². The highest BCUT2D eigenvalue weighted by molar-refractivity contribution is 6.30. The zero-order valence-corrected chi connectivity index (χ0v) is 13.1. The van der Waals surface area contributed by atoms with Gasteiger partial charge in [-0.3, -0.25) is 0 Å². The van der Waals surface area contributed by atoms with Gasteiger partial charge >= 0.3 is 0 Å². The average Bonchev–Trinajstić information content (AvgIpc) is 2.45. The summed E-state index contributed by atoms with van der Waals surface area (Å²) in [6.45, 7) is 4.11. The zero-order valence-electron chi connectivity index (χ0n) is 12.4. The molecule has 0 amide bonds. The summed E-state index contributed by atoms with van der Waals surface area (Å²) in [6, 6.07) is 11.0. The molecule has 2 aromatic rings. The lowest BCUT2D eigenvalue weighted by molar-refractivity contribution is 0.105. The van der Waals surface area contributed by atoms with Crippen molar-refractivity contribution in [1.29, 1.82) is 0 Å². The molecule has 0 aliphatic rings. The van der Waals surface area contributed by atoms with Crippen LogP contribution in [0.2, 0.25) is 5.02 Å². The van der Waals surface area contributed by atoms with Crippen molar-refractivity contribution in [3.8, 4) is 11.5 Å². The van der Waals surface area contributed by atoms with Crippen molar-refractivity contribution in [2.45, 2.75) is 20.0 Å². The van der Waals surface area contributed by atoms with Crippen molar-refractivity contribution in [2.24, 2.45) is 0 Å². The third-order valence-electron chi connectivity index (χ3n) is 3.27. The van der Waals surface area contributed by atoms with Crippen molar-refractivity contribution < 1.29 is 14.6 Å². The van der Waals surface area contributed by atoms with Gasteiger partial charge in [-0.25, -0.2) is 0 Å². The third-order valence-corrected chi connectivity index (χ3v) is 3.52. The van der Waals surface area contributed by atoms with Gasteiger partial charge in [0.2, 0.25) is 0 Å². The quantitative estimate of drug-likeness (QED) is 0.904. The molecule has 0 heterocycles. The molecular weight excluding hydrogens is 288 g/mol. The van der Waals surface area contributed by atoms with Crippen LogP contribution < -0.4 is 9.47 Å². The van der Waals surface area contributed by atoms with Crippen LogP contribution in [0.1, 0.15) is 22.8 Å². The predicted molar refractivity (Wildman–Crippen MR) is 84.4 cm³/mol. The van der Waals surface area contributed by atoms with E-state index < -0.39 is 6.10 Å². The van der Waals surface area contributed by atoms with Gasteiger partial charge < -0.3 is 14.6 Å². The number of benzene rings is 2. The van der Waals surface area contributed by atoms with Crippen molar-refractivity contribution in [1.82, 2.24) is 0 Å². The van der Waals surface area contributed by atoms with Crippen LogP contribution in [0.15, 0.2) is 36.4 Å². The van der Waals surface area contributed by atoms with E-state index in [4.69, 9.17) is 21.1 Å². The monoisotopic (exact) mass is 306 g/mol. The molecule has 1 atom stereocenters. The highest BCUT2D eigenvalue weighted by Gasteiger charge is 2.17. The fraction of sp³-hybridized carbons (Fsp3) is 0.294. The molecule has 0 aliphatic heterocycles. The second kappa shape index (κ2) is 6.83. The first-order chi connectivity index (χ1) is 10.0. The van der Waals surface area contributed by atoms with Gasteiger partial charge in [-0.2, -0.15) is 0 Å². The Bertz CT molecular complexity index is 608. The number of aliphatic hydroxyl groups is 1. The zero-order chi connectivity index (χ0) is 15.4. The summed E-state index contributed by atoms with van der Waals surface area (Å²) < 4.78 is 11.0. The number of aryl methyl sites for hydroxylation is 2. The Labute approximate surface area is 130 Å². The van der Waals surface area contributed by atoms with Crippen LogP contribution >= 0.6 is 11.6 Å². The summed E-state index contributed by atoms with van der Waals surface area (Å²) in [4.78, 5) is 0. The van der Waals surface area contributed by atoms with Crippen LogP contribution in [0.4, 0.5) is 0 Å². The van der Waals surface area contributed by atoms with Crippen molar-refractivity contribution in [2.75, 3.05) is 13.7 Å². The number of ether oxygens (including phenoxy) is 2. The van der Waals surface area contributed by atoms with Crippen LogP contribution in [0, 0.1) is 13.8 Å². The number of rotatable bonds is 5. The molecule has 0 saturated carbocycles. The molecule has 0 bridgehead atoms. The van der Waals surface area contributed by atoms with Crippen LogP contribution in [-0.4, -0.2) is 18.8 Å². The molecule has 0 spiro atoms. The van der Waals surface area contributed by atoms with E-state index >= 15 is 0 Å². The second-order valence-corrected chi connectivity index (χ2v) is 5.41. The highest BCUT2D eigenvalue weighted by Crippen LogP contribution is 2.30. The number of hydrogen-bond acceptors (Lipinski definition) is 3. The smallest absolute Gasteiger partial charge is 0.125 e. The van der Waals surface area contributed by atoms with E-state index in [2.05, 4.69) is 0 Å². The van der Waals surface area contributed by atoms with Crippen molar-refractivity contribution in [3.05, 3.63) is 58.1 Å². The van der Waals surface area contributed by atoms with Gasteiger partial charge in [0, 0.05) is 10.6 Å². The van der Waals surface area contributed by atoms with E-state index in [1.165, 1.54) is 0 Å². The maximum Gasteiger partial charge on any atom is 0.125 e. The molecule has 4 heteroatoms. The van der Waals surface area contributed by atoms with Gasteiger partial charge in [0.1, 0.15) is 24.2 Å². The van der Waals surface area contributed by atoms with Gasteiger partial charge in [-0.15, -0.1) is 0 Å². The minimum atomic E-state index is -0.753. The second-order valence-electron chi connectivity index (χ2n) is 4.98. The summed E-state index contributed by atoms with van der Waals surface area (Å²) in [6.07, 6.45) is -0.753. The molecule has 0 radical (unpaired) electrons. The molecule has 2 aromatic carbocycles. The summed E-state index contributed by atoms with van der Waals surface area (Å²) >= 11 is 5.82. The fourth-order valence-electron chi connectivity index (χ4n) is 2.33. The lowest BCUT2D eigenvalue weighted by Gasteiger charge is -2.18. The molecule has 2 rings (SSSR count). The topological polar surface area (TPSA) is 38.7 Å². The van der Waals surface area contributed by atoms with E-state index in [1.54, 1.807) is 31.4 Å². The van der Waals surface area contributed by atoms with Crippen LogP contribution in [0.5, 0.6) is 11.5 Å². The van der Waals surface area contributed by atoms with Gasteiger partial charge in [-0.05, 0) is 55.3 Å². The van der Waals surface area contributed by atoms with Crippen LogP contribution in [0.3, 0.4) is 0 Å². The maximum atomic E-state index is 10.4. The molecule has 21 heavy (non-hydrogen) atoms. The molecule has 1 unspecified atom stereocenters. The fourth-order valence-corrected chi connectivity index (χ4v) is 2.45. The number of aliphatic hydroxyl groups excluding tert-OH is 1. The predicted octanol–water partition coefficient (Wildman–Crippen LogP) is 4.08. The molecular formula is C17H19ClO3. The number of methoxy groups -OCH3 is 1. The molecule has 0 fully saturated rings. The molecule has 0 aliphatic carbocycles. The first-order valence-corrected chi connectivity index (χ1v) is 7.10. The van der Waals surface area contributed by atoms with E-state index in [-0.39, 0.29) is 6.61 Å². The highest BCUT2D eigenvalue weighted by atomic mass is 35.5. The van der Waals surface area contributed by atoms with Gasteiger partial charge in [0.05, 0.1) is 7.11 Å². The average molecular weight is 307 g/mol. The Hall–Kier alpha value is -1.71. The van der Waals surface area contributed by atoms with E-state index in [0.717, 1.165) is 16.7 Å². The summed E-state index contributed by atoms with van der Waals surface area (Å²) in [5.41, 5.74) is 2.84. The third kappa shape index (κ3) is 3.90.